The molecule has 0 radical (unpaired) electrons. The second-order valence-electron chi connectivity index (χ2n) is 6.90. The molecule has 1 aromatic rings. The number of fused-ring (bicyclic) bond motifs is 5. The van der Waals surface area contributed by atoms with Gasteiger partial charge >= 0.3 is 0 Å². The van der Waals surface area contributed by atoms with Crippen molar-refractivity contribution in [3.05, 3.63) is 24.3 Å². The Morgan fingerprint density at radius 1 is 1.17 bits per heavy atom. The fourth-order valence-electron chi connectivity index (χ4n) is 4.71. The van der Waals surface area contributed by atoms with Crippen LogP contribution in [0.5, 0.6) is 5.75 Å². The molecule has 0 unspecified atom stereocenters. The Labute approximate surface area is 140 Å². The van der Waals surface area contributed by atoms with Crippen molar-refractivity contribution in [1.82, 2.24) is 4.90 Å². The van der Waals surface area contributed by atoms with E-state index in [-0.39, 0.29) is 36.1 Å². The summed E-state index contributed by atoms with van der Waals surface area (Å²) in [4.78, 5) is 38.7. The lowest BCUT2D eigenvalue weighted by Crippen LogP contribution is -2.39. The molecule has 3 aliphatic rings. The van der Waals surface area contributed by atoms with E-state index in [4.69, 9.17) is 4.74 Å². The van der Waals surface area contributed by atoms with Gasteiger partial charge in [-0.15, -0.1) is 0 Å². The number of carbonyl (C=O) groups excluding carboxylic acids is 3. The van der Waals surface area contributed by atoms with Gasteiger partial charge in [0.15, 0.2) is 0 Å². The van der Waals surface area contributed by atoms with Gasteiger partial charge in [0.1, 0.15) is 12.3 Å². The predicted molar refractivity (Wildman–Crippen MR) is 86.2 cm³/mol. The lowest BCUT2D eigenvalue weighted by molar-refractivity contribution is -0.143. The molecule has 6 nitrogen and oxygen atoms in total. The van der Waals surface area contributed by atoms with E-state index in [0.717, 1.165) is 24.2 Å². The molecule has 0 aromatic heterocycles. The average molecular weight is 328 g/mol. The smallest absolute Gasteiger partial charge is 0.244 e. The molecule has 1 aromatic carbocycles. The fraction of sp³-hybridized carbons (Fsp3) is 0.500. The van der Waals surface area contributed by atoms with Crippen molar-refractivity contribution in [3.63, 3.8) is 0 Å². The number of hydrogen-bond donors (Lipinski definition) is 1. The number of nitrogens with zero attached hydrogens (tertiary/aromatic N) is 1. The van der Waals surface area contributed by atoms with E-state index >= 15 is 0 Å². The van der Waals surface area contributed by atoms with Crippen LogP contribution in [0.15, 0.2) is 24.3 Å². The summed E-state index contributed by atoms with van der Waals surface area (Å²) in [6.45, 7) is -0.220. The highest BCUT2D eigenvalue weighted by Gasteiger charge is 2.60. The van der Waals surface area contributed by atoms with Gasteiger partial charge in [-0.1, -0.05) is 12.1 Å². The van der Waals surface area contributed by atoms with Crippen LogP contribution in [0, 0.1) is 23.7 Å². The summed E-state index contributed by atoms with van der Waals surface area (Å²) in [5.74, 6) is 0.135. The third kappa shape index (κ3) is 2.20. The number of para-hydroxylation sites is 2. The molecule has 126 valence electrons. The van der Waals surface area contributed by atoms with Gasteiger partial charge in [-0.3, -0.25) is 19.3 Å². The molecule has 1 N–H and O–H groups in total. The zero-order valence-corrected chi connectivity index (χ0v) is 13.5. The second kappa shape index (κ2) is 5.61. The maximum absolute atomic E-state index is 12.6. The number of methoxy groups -OCH3 is 1. The minimum Gasteiger partial charge on any atom is -0.495 e. The lowest BCUT2D eigenvalue weighted by Gasteiger charge is -2.19. The summed E-state index contributed by atoms with van der Waals surface area (Å²) in [6.07, 6.45) is 3.06. The molecule has 1 aliphatic heterocycles. The summed E-state index contributed by atoms with van der Waals surface area (Å²) in [6, 6.07) is 7.05. The summed E-state index contributed by atoms with van der Waals surface area (Å²) < 4.78 is 5.19. The van der Waals surface area contributed by atoms with E-state index < -0.39 is 0 Å². The molecule has 4 atom stereocenters. The molecule has 0 spiro atoms. The van der Waals surface area contributed by atoms with Crippen molar-refractivity contribution >= 4 is 23.4 Å². The first-order valence-electron chi connectivity index (χ1n) is 8.38. The minimum absolute atomic E-state index is 0.160. The molecule has 4 rings (SSSR count). The van der Waals surface area contributed by atoms with Gasteiger partial charge in [-0.25, -0.2) is 0 Å². The monoisotopic (exact) mass is 328 g/mol. The normalized spacial score (nSPS) is 30.6. The molecule has 2 saturated carbocycles. The first kappa shape index (κ1) is 15.2. The van der Waals surface area contributed by atoms with Gasteiger partial charge in [0, 0.05) is 0 Å². The van der Waals surface area contributed by atoms with Crippen molar-refractivity contribution < 1.29 is 19.1 Å². The Balaban J connectivity index is 1.47. The molecule has 2 bridgehead atoms. The minimum atomic E-state index is -0.381. The van der Waals surface area contributed by atoms with Gasteiger partial charge in [-0.05, 0) is 43.2 Å². The molecular weight excluding hydrogens is 308 g/mol. The van der Waals surface area contributed by atoms with Crippen molar-refractivity contribution in [2.75, 3.05) is 19.0 Å². The Bertz CT molecular complexity index is 689. The summed E-state index contributed by atoms with van der Waals surface area (Å²) in [7, 11) is 1.52. The number of carbonyl (C=O) groups is 3. The van der Waals surface area contributed by atoms with Gasteiger partial charge in [0.2, 0.25) is 17.7 Å². The van der Waals surface area contributed by atoms with Crippen LogP contribution in [0.25, 0.3) is 0 Å². The van der Waals surface area contributed by atoms with Crippen LogP contribution in [0.1, 0.15) is 19.3 Å². The van der Waals surface area contributed by atoms with Crippen molar-refractivity contribution in [1.29, 1.82) is 0 Å². The first-order valence-corrected chi connectivity index (χ1v) is 8.38. The SMILES string of the molecule is COc1ccccc1NC(=O)CN1C(=O)[C@@H]2[C@H]3CC[C@@H](C3)[C@@H]2C1=O. The average Bonchev–Trinajstić information content (AvgIpc) is 3.25. The molecule has 3 amide bonds. The fourth-order valence-corrected chi connectivity index (χ4v) is 4.71. The molecule has 24 heavy (non-hydrogen) atoms. The maximum atomic E-state index is 12.6. The van der Waals surface area contributed by atoms with Crippen LogP contribution in [0.3, 0.4) is 0 Å². The molecule has 1 saturated heterocycles. The van der Waals surface area contributed by atoms with Gasteiger partial charge in [0.05, 0.1) is 24.6 Å². The number of hydrogen-bond acceptors (Lipinski definition) is 4. The number of imide groups is 1. The molecule has 1 heterocycles. The van der Waals surface area contributed by atoms with Crippen LogP contribution in [-0.2, 0) is 14.4 Å². The number of anilines is 1. The number of rotatable bonds is 4. The van der Waals surface area contributed by atoms with E-state index in [1.165, 1.54) is 7.11 Å². The topological polar surface area (TPSA) is 75.7 Å². The van der Waals surface area contributed by atoms with Crippen LogP contribution in [-0.4, -0.2) is 36.3 Å². The molecule has 3 fully saturated rings. The van der Waals surface area contributed by atoms with E-state index in [0.29, 0.717) is 23.3 Å². The Morgan fingerprint density at radius 2 is 1.79 bits per heavy atom. The number of amides is 3. The number of nitrogens with one attached hydrogen (secondary N) is 1. The zero-order chi connectivity index (χ0) is 16.8. The first-order chi connectivity index (χ1) is 11.6. The summed E-state index contributed by atoms with van der Waals surface area (Å²) >= 11 is 0. The van der Waals surface area contributed by atoms with Crippen molar-refractivity contribution in [3.8, 4) is 5.75 Å². The number of likely N-dealkylation sites (tertiary alicyclic amines) is 1. The van der Waals surface area contributed by atoms with Crippen LogP contribution in [0.4, 0.5) is 5.69 Å². The Hall–Kier alpha value is -2.37. The van der Waals surface area contributed by atoms with Crippen molar-refractivity contribution in [2.45, 2.75) is 19.3 Å². The van der Waals surface area contributed by atoms with Crippen LogP contribution in [0.2, 0.25) is 0 Å². The standard InChI is InChI=1S/C18H20N2O4/c1-24-13-5-3-2-4-12(13)19-14(21)9-20-17(22)15-10-6-7-11(8-10)16(15)18(20)23/h2-5,10-11,15-16H,6-9H2,1H3,(H,19,21)/t10-,11-,15-,16+/m0/s1. The highest BCUT2D eigenvalue weighted by Crippen LogP contribution is 2.56. The quantitative estimate of drug-likeness (QED) is 0.853. The van der Waals surface area contributed by atoms with E-state index in [2.05, 4.69) is 5.32 Å². The Kier molecular flexibility index (Phi) is 3.55. The molecular formula is C18H20N2O4. The van der Waals surface area contributed by atoms with E-state index in [1.54, 1.807) is 24.3 Å². The second-order valence-corrected chi connectivity index (χ2v) is 6.90. The predicted octanol–water partition coefficient (Wildman–Crippen LogP) is 1.66. The molecule has 2 aliphatic carbocycles. The van der Waals surface area contributed by atoms with Crippen LogP contribution >= 0.6 is 0 Å². The van der Waals surface area contributed by atoms with Gasteiger partial charge < -0.3 is 10.1 Å². The number of ether oxygens (including phenoxy) is 1. The molecule has 6 heteroatoms. The summed E-state index contributed by atoms with van der Waals surface area (Å²) in [5.41, 5.74) is 0.532. The van der Waals surface area contributed by atoms with Crippen LogP contribution < -0.4 is 10.1 Å². The third-order valence-electron chi connectivity index (χ3n) is 5.70. The maximum Gasteiger partial charge on any atom is 0.244 e. The van der Waals surface area contributed by atoms with Gasteiger partial charge in [0.25, 0.3) is 0 Å². The zero-order valence-electron chi connectivity index (χ0n) is 13.5. The van der Waals surface area contributed by atoms with E-state index in [1.807, 2.05) is 0 Å². The lowest BCUT2D eigenvalue weighted by atomic mass is 9.81. The highest BCUT2D eigenvalue weighted by molar-refractivity contribution is 6.09. The highest BCUT2D eigenvalue weighted by atomic mass is 16.5. The van der Waals surface area contributed by atoms with Crippen molar-refractivity contribution in [2.24, 2.45) is 23.7 Å². The number of benzene rings is 1. The van der Waals surface area contributed by atoms with E-state index in [9.17, 15) is 14.4 Å². The largest absolute Gasteiger partial charge is 0.495 e. The Morgan fingerprint density at radius 3 is 2.42 bits per heavy atom. The third-order valence-corrected chi connectivity index (χ3v) is 5.70. The van der Waals surface area contributed by atoms with Gasteiger partial charge in [-0.2, -0.15) is 0 Å². The summed E-state index contributed by atoms with van der Waals surface area (Å²) in [5, 5.41) is 2.72.